The number of benzene rings is 1. The van der Waals surface area contributed by atoms with Crippen molar-refractivity contribution in [3.05, 3.63) is 51.2 Å². The second-order valence-corrected chi connectivity index (χ2v) is 7.37. The number of halogens is 1. The number of amides is 1. The Morgan fingerprint density at radius 2 is 2.17 bits per heavy atom. The average Bonchev–Trinajstić information content (AvgIpc) is 3.16. The van der Waals surface area contributed by atoms with Gasteiger partial charge in [0.2, 0.25) is 0 Å². The fourth-order valence-electron chi connectivity index (χ4n) is 3.12. The molecular formula is C18H22FN3OS. The van der Waals surface area contributed by atoms with Crippen molar-refractivity contribution in [2.75, 3.05) is 26.7 Å². The molecule has 1 atom stereocenters. The van der Waals surface area contributed by atoms with Gasteiger partial charge in [0.05, 0.1) is 10.7 Å². The van der Waals surface area contributed by atoms with Crippen LogP contribution in [-0.2, 0) is 6.42 Å². The van der Waals surface area contributed by atoms with Crippen LogP contribution in [0, 0.1) is 18.7 Å². The van der Waals surface area contributed by atoms with Crippen molar-refractivity contribution in [3.8, 4) is 0 Å². The van der Waals surface area contributed by atoms with Crippen LogP contribution in [-0.4, -0.2) is 42.5 Å². The summed E-state index contributed by atoms with van der Waals surface area (Å²) in [6.45, 7) is 4.46. The predicted molar refractivity (Wildman–Crippen MR) is 94.0 cm³/mol. The van der Waals surface area contributed by atoms with Crippen LogP contribution in [0.25, 0.3) is 0 Å². The number of hydrogen-bond donors (Lipinski definition) is 1. The van der Waals surface area contributed by atoms with Gasteiger partial charge in [-0.15, -0.1) is 11.3 Å². The molecule has 0 aliphatic carbocycles. The molecule has 24 heavy (non-hydrogen) atoms. The Kier molecular flexibility index (Phi) is 5.26. The minimum absolute atomic E-state index is 0.0916. The maximum atomic E-state index is 13.0. The number of nitrogens with one attached hydrogen (secondary N) is 1. The standard InChI is InChI=1S/C18H22FN3OS/c1-12-17(18(23)22-8-7-14(11-22)10-20-2)24-16(21-12)9-13-3-5-15(19)6-4-13/h3-6,14,20H,7-11H2,1-2H3. The Bertz CT molecular complexity index is 714. The first-order valence-electron chi connectivity index (χ1n) is 8.21. The molecular weight excluding hydrogens is 325 g/mol. The lowest BCUT2D eigenvalue weighted by Crippen LogP contribution is -2.30. The number of rotatable bonds is 5. The lowest BCUT2D eigenvalue weighted by atomic mass is 10.1. The number of thiazole rings is 1. The first-order chi connectivity index (χ1) is 11.6. The van der Waals surface area contributed by atoms with Crippen LogP contribution in [0.5, 0.6) is 0 Å². The Morgan fingerprint density at radius 3 is 2.88 bits per heavy atom. The van der Waals surface area contributed by atoms with Crippen LogP contribution in [0.15, 0.2) is 24.3 Å². The van der Waals surface area contributed by atoms with Gasteiger partial charge in [-0.1, -0.05) is 12.1 Å². The summed E-state index contributed by atoms with van der Waals surface area (Å²) in [6.07, 6.45) is 1.67. The van der Waals surface area contributed by atoms with Gasteiger partial charge in [-0.05, 0) is 50.6 Å². The van der Waals surface area contributed by atoms with E-state index < -0.39 is 0 Å². The fourth-order valence-corrected chi connectivity index (χ4v) is 4.19. The normalized spacial score (nSPS) is 17.5. The zero-order valence-corrected chi connectivity index (χ0v) is 14.8. The van der Waals surface area contributed by atoms with Crippen LogP contribution < -0.4 is 5.32 Å². The molecule has 1 saturated heterocycles. The molecule has 2 heterocycles. The van der Waals surface area contributed by atoms with Crippen molar-refractivity contribution >= 4 is 17.2 Å². The van der Waals surface area contributed by atoms with Crippen molar-refractivity contribution in [1.29, 1.82) is 0 Å². The molecule has 0 spiro atoms. The summed E-state index contributed by atoms with van der Waals surface area (Å²) in [5, 5.41) is 4.08. The Labute approximate surface area is 145 Å². The lowest BCUT2D eigenvalue weighted by Gasteiger charge is -2.15. The van der Waals surface area contributed by atoms with Gasteiger partial charge in [0.1, 0.15) is 10.7 Å². The number of hydrogen-bond acceptors (Lipinski definition) is 4. The maximum absolute atomic E-state index is 13.0. The van der Waals surface area contributed by atoms with Crippen LogP contribution in [0.4, 0.5) is 4.39 Å². The van der Waals surface area contributed by atoms with Crippen LogP contribution in [0.2, 0.25) is 0 Å². The van der Waals surface area contributed by atoms with Gasteiger partial charge >= 0.3 is 0 Å². The van der Waals surface area contributed by atoms with Gasteiger partial charge in [-0.2, -0.15) is 0 Å². The third-order valence-corrected chi connectivity index (χ3v) is 5.52. The summed E-state index contributed by atoms with van der Waals surface area (Å²) in [7, 11) is 1.94. The molecule has 1 unspecified atom stereocenters. The first kappa shape index (κ1) is 17.0. The third kappa shape index (κ3) is 3.82. The quantitative estimate of drug-likeness (QED) is 0.905. The van der Waals surface area contributed by atoms with Gasteiger partial charge in [0.15, 0.2) is 0 Å². The number of aromatic nitrogens is 1. The minimum Gasteiger partial charge on any atom is -0.338 e. The molecule has 1 aromatic carbocycles. The molecule has 6 heteroatoms. The number of aryl methyl sites for hydroxylation is 1. The molecule has 4 nitrogen and oxygen atoms in total. The first-order valence-corrected chi connectivity index (χ1v) is 9.03. The molecule has 1 aromatic heterocycles. The van der Waals surface area contributed by atoms with E-state index in [0.29, 0.717) is 12.3 Å². The van der Waals surface area contributed by atoms with Gasteiger partial charge in [0, 0.05) is 19.5 Å². The Hall–Kier alpha value is -1.79. The summed E-state index contributed by atoms with van der Waals surface area (Å²) >= 11 is 1.46. The molecule has 0 bridgehead atoms. The monoisotopic (exact) mass is 347 g/mol. The topological polar surface area (TPSA) is 45.2 Å². The van der Waals surface area contributed by atoms with Gasteiger partial charge < -0.3 is 10.2 Å². The summed E-state index contributed by atoms with van der Waals surface area (Å²) in [4.78, 5) is 20.0. The second kappa shape index (κ2) is 7.40. The highest BCUT2D eigenvalue weighted by Gasteiger charge is 2.28. The van der Waals surface area contributed by atoms with E-state index in [1.807, 2.05) is 18.9 Å². The van der Waals surface area contributed by atoms with E-state index in [1.165, 1.54) is 23.5 Å². The van der Waals surface area contributed by atoms with E-state index in [0.717, 1.165) is 47.2 Å². The molecule has 128 valence electrons. The highest BCUT2D eigenvalue weighted by Crippen LogP contribution is 2.25. The van der Waals surface area contributed by atoms with E-state index in [9.17, 15) is 9.18 Å². The molecule has 3 rings (SSSR count). The highest BCUT2D eigenvalue weighted by molar-refractivity contribution is 7.13. The van der Waals surface area contributed by atoms with Crippen LogP contribution in [0.3, 0.4) is 0 Å². The molecule has 2 aromatic rings. The van der Waals surface area contributed by atoms with Crippen molar-refractivity contribution in [2.24, 2.45) is 5.92 Å². The maximum Gasteiger partial charge on any atom is 0.265 e. The number of carbonyl (C=O) groups is 1. The molecule has 1 aliphatic heterocycles. The minimum atomic E-state index is -0.241. The lowest BCUT2D eigenvalue weighted by molar-refractivity contribution is 0.0791. The largest absolute Gasteiger partial charge is 0.338 e. The van der Waals surface area contributed by atoms with Crippen molar-refractivity contribution in [3.63, 3.8) is 0 Å². The second-order valence-electron chi connectivity index (χ2n) is 6.29. The smallest absolute Gasteiger partial charge is 0.265 e. The van der Waals surface area contributed by atoms with E-state index in [1.54, 1.807) is 12.1 Å². The van der Waals surface area contributed by atoms with E-state index in [4.69, 9.17) is 0 Å². The van der Waals surface area contributed by atoms with E-state index in [2.05, 4.69) is 10.3 Å². The molecule has 0 saturated carbocycles. The highest BCUT2D eigenvalue weighted by atomic mass is 32.1. The van der Waals surface area contributed by atoms with Crippen molar-refractivity contribution in [1.82, 2.24) is 15.2 Å². The van der Waals surface area contributed by atoms with Gasteiger partial charge in [0.25, 0.3) is 5.91 Å². The molecule has 1 aliphatic rings. The number of nitrogens with zero attached hydrogens (tertiary/aromatic N) is 2. The summed E-state index contributed by atoms with van der Waals surface area (Å²) in [5.41, 5.74) is 1.79. The zero-order chi connectivity index (χ0) is 17.1. The van der Waals surface area contributed by atoms with Crippen LogP contribution >= 0.6 is 11.3 Å². The number of carbonyl (C=O) groups excluding carboxylic acids is 1. The number of likely N-dealkylation sites (tertiary alicyclic amines) is 1. The third-order valence-electron chi connectivity index (χ3n) is 4.37. The average molecular weight is 347 g/mol. The zero-order valence-electron chi connectivity index (χ0n) is 14.0. The summed E-state index contributed by atoms with van der Waals surface area (Å²) in [6, 6.07) is 6.43. The van der Waals surface area contributed by atoms with Crippen LogP contribution in [0.1, 0.15) is 32.4 Å². The molecule has 1 N–H and O–H groups in total. The summed E-state index contributed by atoms with van der Waals surface area (Å²) < 4.78 is 13.0. The SMILES string of the molecule is CNCC1CCN(C(=O)c2sc(Cc3ccc(F)cc3)nc2C)C1. The van der Waals surface area contributed by atoms with E-state index in [-0.39, 0.29) is 11.7 Å². The van der Waals surface area contributed by atoms with Crippen molar-refractivity contribution in [2.45, 2.75) is 19.8 Å². The van der Waals surface area contributed by atoms with Crippen molar-refractivity contribution < 1.29 is 9.18 Å². The van der Waals surface area contributed by atoms with Gasteiger partial charge in [-0.25, -0.2) is 9.37 Å². The Morgan fingerprint density at radius 1 is 1.42 bits per heavy atom. The Balaban J connectivity index is 1.69. The summed E-state index contributed by atoms with van der Waals surface area (Å²) in [5.74, 6) is 0.384. The predicted octanol–water partition coefficient (Wildman–Crippen LogP) is 2.86. The van der Waals surface area contributed by atoms with Gasteiger partial charge in [-0.3, -0.25) is 4.79 Å². The molecule has 1 fully saturated rings. The molecule has 0 radical (unpaired) electrons. The molecule has 1 amide bonds. The van der Waals surface area contributed by atoms with E-state index >= 15 is 0 Å². The fraction of sp³-hybridized carbons (Fsp3) is 0.444.